The number of benzene rings is 1. The van der Waals surface area contributed by atoms with Crippen LogP contribution in [0.15, 0.2) is 18.2 Å². The van der Waals surface area contributed by atoms with E-state index in [2.05, 4.69) is 6.92 Å². The molecule has 0 saturated carbocycles. The molecule has 0 aliphatic carbocycles. The highest BCUT2D eigenvalue weighted by Gasteiger charge is 2.08. The molecule has 1 rings (SSSR count). The van der Waals surface area contributed by atoms with Crippen molar-refractivity contribution in [2.24, 2.45) is 0 Å². The SMILES string of the molecule is CCCCCOOC(=O)c1ccc(C)c(C)c1. The normalized spacial score (nSPS) is 10.3. The third kappa shape index (κ3) is 4.57. The standard InChI is InChI=1S/C14H20O3/c1-4-5-6-9-16-17-14(15)13-8-7-11(2)12(3)10-13/h7-8,10H,4-6,9H2,1-3H3. The lowest BCUT2D eigenvalue weighted by atomic mass is 10.1. The molecule has 94 valence electrons. The summed E-state index contributed by atoms with van der Waals surface area (Å²) >= 11 is 0. The predicted octanol–water partition coefficient (Wildman–Crippen LogP) is 3.58. The Balaban J connectivity index is 2.39. The Labute approximate surface area is 103 Å². The zero-order valence-corrected chi connectivity index (χ0v) is 10.8. The fourth-order valence-electron chi connectivity index (χ4n) is 1.42. The van der Waals surface area contributed by atoms with Crippen LogP contribution in [0.25, 0.3) is 0 Å². The van der Waals surface area contributed by atoms with E-state index in [1.54, 1.807) is 6.07 Å². The highest BCUT2D eigenvalue weighted by Crippen LogP contribution is 2.11. The van der Waals surface area contributed by atoms with Gasteiger partial charge < -0.3 is 0 Å². The van der Waals surface area contributed by atoms with Crippen molar-refractivity contribution in [2.45, 2.75) is 40.0 Å². The number of carbonyl (C=O) groups excluding carboxylic acids is 1. The molecule has 1 aromatic carbocycles. The van der Waals surface area contributed by atoms with Crippen LogP contribution in [-0.4, -0.2) is 12.6 Å². The largest absolute Gasteiger partial charge is 0.373 e. The van der Waals surface area contributed by atoms with Gasteiger partial charge in [0, 0.05) is 0 Å². The van der Waals surface area contributed by atoms with Gasteiger partial charge in [0.15, 0.2) is 0 Å². The van der Waals surface area contributed by atoms with Gasteiger partial charge in [-0.2, -0.15) is 4.89 Å². The van der Waals surface area contributed by atoms with Crippen LogP contribution in [-0.2, 0) is 9.78 Å². The molecule has 3 nitrogen and oxygen atoms in total. The lowest BCUT2D eigenvalue weighted by Crippen LogP contribution is -2.07. The van der Waals surface area contributed by atoms with Gasteiger partial charge in [-0.15, -0.1) is 0 Å². The summed E-state index contributed by atoms with van der Waals surface area (Å²) in [6, 6.07) is 5.47. The van der Waals surface area contributed by atoms with Gasteiger partial charge >= 0.3 is 5.97 Å². The fourth-order valence-corrected chi connectivity index (χ4v) is 1.42. The fraction of sp³-hybridized carbons (Fsp3) is 0.500. The van der Waals surface area contributed by atoms with Crippen molar-refractivity contribution in [3.05, 3.63) is 34.9 Å². The van der Waals surface area contributed by atoms with E-state index in [-0.39, 0.29) is 0 Å². The Morgan fingerprint density at radius 2 is 1.94 bits per heavy atom. The molecule has 17 heavy (non-hydrogen) atoms. The van der Waals surface area contributed by atoms with Crippen molar-refractivity contribution in [1.29, 1.82) is 0 Å². The van der Waals surface area contributed by atoms with Crippen LogP contribution in [0.3, 0.4) is 0 Å². The van der Waals surface area contributed by atoms with Gasteiger partial charge in [-0.1, -0.05) is 25.8 Å². The summed E-state index contributed by atoms with van der Waals surface area (Å²) in [6.45, 7) is 6.55. The topological polar surface area (TPSA) is 35.5 Å². The Hall–Kier alpha value is -1.35. The number of aryl methyl sites for hydroxylation is 2. The van der Waals surface area contributed by atoms with Crippen molar-refractivity contribution < 1.29 is 14.6 Å². The van der Waals surface area contributed by atoms with Crippen LogP contribution in [0.4, 0.5) is 0 Å². The third-order valence-corrected chi connectivity index (χ3v) is 2.71. The van der Waals surface area contributed by atoms with E-state index < -0.39 is 5.97 Å². The minimum absolute atomic E-state index is 0.426. The van der Waals surface area contributed by atoms with E-state index >= 15 is 0 Å². The summed E-state index contributed by atoms with van der Waals surface area (Å²) in [5.74, 6) is -0.426. The van der Waals surface area contributed by atoms with E-state index in [1.165, 1.54) is 0 Å². The maximum absolute atomic E-state index is 11.6. The molecule has 0 radical (unpaired) electrons. The molecule has 0 N–H and O–H groups in total. The predicted molar refractivity (Wildman–Crippen MR) is 66.8 cm³/mol. The van der Waals surface area contributed by atoms with Gasteiger partial charge in [-0.05, 0) is 43.5 Å². The number of unbranched alkanes of at least 4 members (excludes halogenated alkanes) is 2. The molecule has 0 aliphatic rings. The molecule has 0 unspecified atom stereocenters. The van der Waals surface area contributed by atoms with Gasteiger partial charge in [0.25, 0.3) is 0 Å². The summed E-state index contributed by atoms with van der Waals surface area (Å²) in [4.78, 5) is 21.2. The summed E-state index contributed by atoms with van der Waals surface area (Å²) in [6.07, 6.45) is 3.12. The van der Waals surface area contributed by atoms with Gasteiger partial charge in [0.2, 0.25) is 0 Å². The second-order valence-electron chi connectivity index (χ2n) is 4.20. The van der Waals surface area contributed by atoms with Crippen LogP contribution in [0.2, 0.25) is 0 Å². The quantitative estimate of drug-likeness (QED) is 0.430. The zero-order chi connectivity index (χ0) is 12.7. The highest BCUT2D eigenvalue weighted by atomic mass is 17.2. The van der Waals surface area contributed by atoms with E-state index in [9.17, 15) is 4.79 Å². The first-order chi connectivity index (χ1) is 8.15. The second kappa shape index (κ2) is 7.07. The van der Waals surface area contributed by atoms with Crippen molar-refractivity contribution >= 4 is 5.97 Å². The van der Waals surface area contributed by atoms with Crippen LogP contribution >= 0.6 is 0 Å². The maximum atomic E-state index is 11.6. The number of hydrogen-bond acceptors (Lipinski definition) is 3. The minimum atomic E-state index is -0.426. The lowest BCUT2D eigenvalue weighted by molar-refractivity contribution is -0.241. The number of carbonyl (C=O) groups is 1. The summed E-state index contributed by atoms with van der Waals surface area (Å²) in [7, 11) is 0. The van der Waals surface area contributed by atoms with Crippen molar-refractivity contribution in [3.63, 3.8) is 0 Å². The van der Waals surface area contributed by atoms with Gasteiger partial charge in [-0.3, -0.25) is 4.89 Å². The minimum Gasteiger partial charge on any atom is -0.293 e. The molecule has 0 bridgehead atoms. The molecule has 0 amide bonds. The van der Waals surface area contributed by atoms with Crippen LogP contribution < -0.4 is 0 Å². The number of rotatable bonds is 6. The monoisotopic (exact) mass is 236 g/mol. The van der Waals surface area contributed by atoms with Crippen molar-refractivity contribution in [3.8, 4) is 0 Å². The highest BCUT2D eigenvalue weighted by molar-refractivity contribution is 5.89. The summed E-state index contributed by atoms with van der Waals surface area (Å²) in [5, 5.41) is 0. The average Bonchev–Trinajstić information content (AvgIpc) is 2.32. The first kappa shape index (κ1) is 13.7. The molecule has 0 spiro atoms. The van der Waals surface area contributed by atoms with Gasteiger partial charge in [-0.25, -0.2) is 4.79 Å². The molecule has 0 aromatic heterocycles. The zero-order valence-electron chi connectivity index (χ0n) is 10.8. The van der Waals surface area contributed by atoms with Gasteiger partial charge in [0.1, 0.15) is 0 Å². The first-order valence-corrected chi connectivity index (χ1v) is 6.06. The third-order valence-electron chi connectivity index (χ3n) is 2.71. The smallest absolute Gasteiger partial charge is 0.293 e. The molecule has 0 atom stereocenters. The Bertz CT molecular complexity index is 372. The van der Waals surface area contributed by atoms with Gasteiger partial charge in [0.05, 0.1) is 12.2 Å². The number of hydrogen-bond donors (Lipinski definition) is 0. The van der Waals surface area contributed by atoms with Crippen molar-refractivity contribution in [1.82, 2.24) is 0 Å². The molecule has 3 heteroatoms. The van der Waals surface area contributed by atoms with E-state index in [0.717, 1.165) is 30.4 Å². The van der Waals surface area contributed by atoms with E-state index in [1.807, 2.05) is 26.0 Å². The molecule has 0 aliphatic heterocycles. The Kier molecular flexibility index (Phi) is 5.70. The molecule has 0 saturated heterocycles. The van der Waals surface area contributed by atoms with Crippen molar-refractivity contribution in [2.75, 3.05) is 6.61 Å². The summed E-state index contributed by atoms with van der Waals surface area (Å²) in [5.41, 5.74) is 2.76. The molecule has 0 heterocycles. The maximum Gasteiger partial charge on any atom is 0.373 e. The molecule has 0 fully saturated rings. The lowest BCUT2D eigenvalue weighted by Gasteiger charge is -2.05. The first-order valence-electron chi connectivity index (χ1n) is 6.06. The summed E-state index contributed by atoms with van der Waals surface area (Å²) < 4.78 is 0. The Morgan fingerprint density at radius 3 is 2.59 bits per heavy atom. The second-order valence-corrected chi connectivity index (χ2v) is 4.20. The Morgan fingerprint density at radius 1 is 1.18 bits per heavy atom. The van der Waals surface area contributed by atoms with E-state index in [0.29, 0.717) is 12.2 Å². The van der Waals surface area contributed by atoms with Crippen LogP contribution in [0.5, 0.6) is 0 Å². The van der Waals surface area contributed by atoms with Crippen LogP contribution in [0, 0.1) is 13.8 Å². The molecular formula is C14H20O3. The van der Waals surface area contributed by atoms with Crippen LogP contribution in [0.1, 0.15) is 47.7 Å². The molecular weight excluding hydrogens is 216 g/mol. The van der Waals surface area contributed by atoms with E-state index in [4.69, 9.17) is 9.78 Å². The molecule has 1 aromatic rings. The average molecular weight is 236 g/mol.